The summed E-state index contributed by atoms with van der Waals surface area (Å²) in [5.74, 6) is 1.67. The van der Waals surface area contributed by atoms with Gasteiger partial charge in [0, 0.05) is 12.0 Å². The SMILES string of the molecule is C=C(CCC(=O)c1ccc(OC)cc1)c1ccc(OC)cc1. The molecule has 0 amide bonds. The summed E-state index contributed by atoms with van der Waals surface area (Å²) in [6.07, 6.45) is 1.08. The number of benzene rings is 2. The molecule has 2 rings (SSSR count). The van der Waals surface area contributed by atoms with E-state index in [0.717, 1.165) is 22.6 Å². The predicted octanol–water partition coefficient (Wildman–Crippen LogP) is 4.38. The minimum atomic E-state index is 0.109. The summed E-state index contributed by atoms with van der Waals surface area (Å²) in [6, 6.07) is 14.9. The fourth-order valence-corrected chi connectivity index (χ4v) is 2.16. The smallest absolute Gasteiger partial charge is 0.163 e. The molecule has 0 aliphatic carbocycles. The lowest BCUT2D eigenvalue weighted by Gasteiger charge is -2.07. The first-order valence-electron chi connectivity index (χ1n) is 7.13. The summed E-state index contributed by atoms with van der Waals surface area (Å²) in [7, 11) is 3.24. The molecule has 0 aliphatic heterocycles. The molecule has 3 nitrogen and oxygen atoms in total. The van der Waals surface area contributed by atoms with Gasteiger partial charge in [-0.2, -0.15) is 0 Å². The molecule has 0 radical (unpaired) electrons. The molecule has 0 saturated carbocycles. The first-order valence-corrected chi connectivity index (χ1v) is 7.13. The number of hydrogen-bond acceptors (Lipinski definition) is 3. The summed E-state index contributed by atoms with van der Waals surface area (Å²) >= 11 is 0. The van der Waals surface area contributed by atoms with E-state index in [1.54, 1.807) is 38.5 Å². The number of carbonyl (C=O) groups excluding carboxylic acids is 1. The molecule has 0 saturated heterocycles. The maximum absolute atomic E-state index is 12.2. The Morgan fingerprint density at radius 3 is 1.73 bits per heavy atom. The normalized spacial score (nSPS) is 10.1. The third kappa shape index (κ3) is 3.98. The largest absolute Gasteiger partial charge is 0.497 e. The molecule has 0 fully saturated rings. The van der Waals surface area contributed by atoms with Gasteiger partial charge in [-0.05, 0) is 54.0 Å². The van der Waals surface area contributed by atoms with Crippen LogP contribution in [0.4, 0.5) is 0 Å². The van der Waals surface area contributed by atoms with Crippen molar-refractivity contribution in [3.05, 3.63) is 66.2 Å². The molecule has 0 aliphatic rings. The summed E-state index contributed by atoms with van der Waals surface area (Å²) in [6.45, 7) is 4.06. The van der Waals surface area contributed by atoms with E-state index in [1.807, 2.05) is 24.3 Å². The number of ether oxygens (including phenoxy) is 2. The lowest BCUT2D eigenvalue weighted by molar-refractivity contribution is 0.0984. The topological polar surface area (TPSA) is 35.5 Å². The van der Waals surface area contributed by atoms with Crippen molar-refractivity contribution < 1.29 is 14.3 Å². The number of carbonyl (C=O) groups is 1. The number of Topliss-reactive ketones (excluding diaryl/α,β-unsaturated/α-hetero) is 1. The molecule has 0 N–H and O–H groups in total. The molecule has 0 spiro atoms. The van der Waals surface area contributed by atoms with Crippen LogP contribution in [0, 0.1) is 0 Å². The average molecular weight is 296 g/mol. The third-order valence-electron chi connectivity index (χ3n) is 3.56. The zero-order valence-corrected chi connectivity index (χ0v) is 13.0. The van der Waals surface area contributed by atoms with E-state index in [1.165, 1.54) is 0 Å². The van der Waals surface area contributed by atoms with Gasteiger partial charge in [0.1, 0.15) is 11.5 Å². The molecular formula is C19H20O3. The maximum Gasteiger partial charge on any atom is 0.163 e. The second kappa shape index (κ2) is 7.46. The highest BCUT2D eigenvalue weighted by Gasteiger charge is 2.08. The van der Waals surface area contributed by atoms with Gasteiger partial charge in [0.15, 0.2) is 5.78 Å². The monoisotopic (exact) mass is 296 g/mol. The number of allylic oxidation sites excluding steroid dienone is 1. The molecule has 0 bridgehead atoms. The van der Waals surface area contributed by atoms with Crippen LogP contribution < -0.4 is 9.47 Å². The average Bonchev–Trinajstić information content (AvgIpc) is 2.59. The van der Waals surface area contributed by atoms with E-state index < -0.39 is 0 Å². The van der Waals surface area contributed by atoms with Crippen LogP contribution in [0.1, 0.15) is 28.8 Å². The minimum absolute atomic E-state index is 0.109. The molecule has 114 valence electrons. The Morgan fingerprint density at radius 1 is 0.818 bits per heavy atom. The summed E-state index contributed by atoms with van der Waals surface area (Å²) in [5, 5.41) is 0. The fourth-order valence-electron chi connectivity index (χ4n) is 2.16. The number of rotatable bonds is 7. The van der Waals surface area contributed by atoms with Crippen LogP contribution in [0.15, 0.2) is 55.1 Å². The van der Waals surface area contributed by atoms with Gasteiger partial charge in [0.25, 0.3) is 0 Å². The van der Waals surface area contributed by atoms with Crippen molar-refractivity contribution in [2.75, 3.05) is 14.2 Å². The molecule has 0 atom stereocenters. The highest BCUT2D eigenvalue weighted by molar-refractivity contribution is 5.96. The van der Waals surface area contributed by atoms with E-state index in [-0.39, 0.29) is 5.78 Å². The van der Waals surface area contributed by atoms with E-state index in [2.05, 4.69) is 6.58 Å². The minimum Gasteiger partial charge on any atom is -0.497 e. The Kier molecular flexibility index (Phi) is 5.37. The van der Waals surface area contributed by atoms with E-state index in [0.29, 0.717) is 18.4 Å². The standard InChI is InChI=1S/C19H20O3/c1-14(15-5-9-17(21-2)10-6-15)4-13-19(20)16-7-11-18(22-3)12-8-16/h5-12H,1,4,13H2,2-3H3. The first-order chi connectivity index (χ1) is 10.6. The number of hydrogen-bond donors (Lipinski definition) is 0. The van der Waals surface area contributed by atoms with Gasteiger partial charge in [0.2, 0.25) is 0 Å². The van der Waals surface area contributed by atoms with Gasteiger partial charge in [0.05, 0.1) is 14.2 Å². The number of methoxy groups -OCH3 is 2. The molecule has 0 heterocycles. The van der Waals surface area contributed by atoms with Crippen molar-refractivity contribution in [1.29, 1.82) is 0 Å². The van der Waals surface area contributed by atoms with Crippen molar-refractivity contribution in [2.45, 2.75) is 12.8 Å². The van der Waals surface area contributed by atoms with Crippen LogP contribution in [0.2, 0.25) is 0 Å². The molecular weight excluding hydrogens is 276 g/mol. The third-order valence-corrected chi connectivity index (χ3v) is 3.56. The van der Waals surface area contributed by atoms with E-state index in [4.69, 9.17) is 9.47 Å². The first kappa shape index (κ1) is 15.8. The molecule has 22 heavy (non-hydrogen) atoms. The Balaban J connectivity index is 1.92. The van der Waals surface area contributed by atoms with Gasteiger partial charge < -0.3 is 9.47 Å². The van der Waals surface area contributed by atoms with Crippen molar-refractivity contribution in [3.63, 3.8) is 0 Å². The molecule has 2 aromatic carbocycles. The van der Waals surface area contributed by atoms with Crippen molar-refractivity contribution in [1.82, 2.24) is 0 Å². The molecule has 3 heteroatoms. The molecule has 2 aromatic rings. The molecule has 0 aromatic heterocycles. The zero-order chi connectivity index (χ0) is 15.9. The van der Waals surface area contributed by atoms with Gasteiger partial charge in [-0.25, -0.2) is 0 Å². The summed E-state index contributed by atoms with van der Waals surface area (Å²) in [5.41, 5.74) is 2.68. The lowest BCUT2D eigenvalue weighted by atomic mass is 9.99. The van der Waals surface area contributed by atoms with Gasteiger partial charge in [-0.3, -0.25) is 4.79 Å². The fraction of sp³-hybridized carbons (Fsp3) is 0.211. The summed E-state index contributed by atoms with van der Waals surface area (Å²) in [4.78, 5) is 12.2. The van der Waals surface area contributed by atoms with Crippen molar-refractivity contribution in [2.24, 2.45) is 0 Å². The Labute approximate surface area is 131 Å². The van der Waals surface area contributed by atoms with Crippen LogP contribution >= 0.6 is 0 Å². The van der Waals surface area contributed by atoms with Crippen LogP contribution in [-0.2, 0) is 0 Å². The van der Waals surface area contributed by atoms with Crippen LogP contribution in [0.25, 0.3) is 5.57 Å². The van der Waals surface area contributed by atoms with Gasteiger partial charge in [-0.15, -0.1) is 0 Å². The molecule has 0 unspecified atom stereocenters. The van der Waals surface area contributed by atoms with Crippen molar-refractivity contribution >= 4 is 11.4 Å². The summed E-state index contributed by atoms with van der Waals surface area (Å²) < 4.78 is 10.2. The second-order valence-electron chi connectivity index (χ2n) is 4.98. The van der Waals surface area contributed by atoms with Gasteiger partial charge >= 0.3 is 0 Å². The maximum atomic E-state index is 12.2. The quantitative estimate of drug-likeness (QED) is 0.711. The zero-order valence-electron chi connectivity index (χ0n) is 13.0. The predicted molar refractivity (Wildman–Crippen MR) is 88.6 cm³/mol. The van der Waals surface area contributed by atoms with E-state index in [9.17, 15) is 4.79 Å². The van der Waals surface area contributed by atoms with Crippen LogP contribution in [0.3, 0.4) is 0 Å². The van der Waals surface area contributed by atoms with Gasteiger partial charge in [-0.1, -0.05) is 18.7 Å². The highest BCUT2D eigenvalue weighted by Crippen LogP contribution is 2.22. The van der Waals surface area contributed by atoms with E-state index >= 15 is 0 Å². The van der Waals surface area contributed by atoms with Crippen LogP contribution in [0.5, 0.6) is 11.5 Å². The Hall–Kier alpha value is -2.55. The second-order valence-corrected chi connectivity index (χ2v) is 4.98. The van der Waals surface area contributed by atoms with Crippen molar-refractivity contribution in [3.8, 4) is 11.5 Å². The van der Waals surface area contributed by atoms with Crippen LogP contribution in [-0.4, -0.2) is 20.0 Å². The lowest BCUT2D eigenvalue weighted by Crippen LogP contribution is -1.99. The highest BCUT2D eigenvalue weighted by atomic mass is 16.5. The number of ketones is 1. The Bertz CT molecular complexity index is 580. The Morgan fingerprint density at radius 2 is 1.27 bits per heavy atom.